The normalized spacial score (nSPS) is 11.6. The van der Waals surface area contributed by atoms with E-state index < -0.39 is 12.0 Å². The number of hydrogen-bond donors (Lipinski definition) is 0. The molecule has 5 heteroatoms. The number of carbonyl (C=O) groups is 2. The molecule has 2 aromatic rings. The Bertz CT molecular complexity index is 601. The zero-order chi connectivity index (χ0) is 17.4. The van der Waals surface area contributed by atoms with Gasteiger partial charge in [-0.2, -0.15) is 0 Å². The van der Waals surface area contributed by atoms with E-state index >= 15 is 0 Å². The standard InChI is InChI=1S/C19H20ClNO3/c1-24-19(23)17(12-15-8-4-2-5-9-15)21(18(22)13-20)14-16-10-6-3-7-11-16/h2-11,17H,12-14H2,1H3/t17-/m0/s1. The van der Waals surface area contributed by atoms with Crippen LogP contribution in [0.3, 0.4) is 0 Å². The van der Waals surface area contributed by atoms with Gasteiger partial charge in [0, 0.05) is 13.0 Å². The average Bonchev–Trinajstić information content (AvgIpc) is 2.65. The molecule has 0 heterocycles. The Morgan fingerprint density at radius 3 is 2.04 bits per heavy atom. The maximum atomic E-state index is 12.4. The summed E-state index contributed by atoms with van der Waals surface area (Å²) in [6, 6.07) is 18.3. The molecule has 0 saturated carbocycles. The fourth-order valence-corrected chi connectivity index (χ4v) is 2.68. The molecule has 126 valence electrons. The van der Waals surface area contributed by atoms with Gasteiger partial charge in [-0.25, -0.2) is 4.79 Å². The molecule has 0 spiro atoms. The SMILES string of the molecule is COC(=O)[C@H](Cc1ccccc1)N(Cc1ccccc1)C(=O)CCl. The van der Waals surface area contributed by atoms with Crippen molar-refractivity contribution in [3.63, 3.8) is 0 Å². The van der Waals surface area contributed by atoms with Crippen LogP contribution in [-0.4, -0.2) is 35.8 Å². The fraction of sp³-hybridized carbons (Fsp3) is 0.263. The van der Waals surface area contributed by atoms with Gasteiger partial charge in [0.05, 0.1) is 7.11 Å². The van der Waals surface area contributed by atoms with E-state index in [9.17, 15) is 9.59 Å². The van der Waals surface area contributed by atoms with Crippen molar-refractivity contribution < 1.29 is 14.3 Å². The van der Waals surface area contributed by atoms with Gasteiger partial charge in [-0.3, -0.25) is 4.79 Å². The van der Waals surface area contributed by atoms with Crippen LogP contribution in [0.15, 0.2) is 60.7 Å². The van der Waals surface area contributed by atoms with E-state index in [0.29, 0.717) is 13.0 Å². The molecule has 2 rings (SSSR count). The molecule has 0 unspecified atom stereocenters. The molecule has 24 heavy (non-hydrogen) atoms. The van der Waals surface area contributed by atoms with Crippen molar-refractivity contribution >= 4 is 23.5 Å². The minimum atomic E-state index is -0.719. The quantitative estimate of drug-likeness (QED) is 0.572. The molecule has 0 aliphatic carbocycles. The van der Waals surface area contributed by atoms with Crippen LogP contribution in [0.25, 0.3) is 0 Å². The van der Waals surface area contributed by atoms with Crippen molar-refractivity contribution in [1.82, 2.24) is 4.90 Å². The topological polar surface area (TPSA) is 46.6 Å². The van der Waals surface area contributed by atoms with E-state index in [-0.39, 0.29) is 11.8 Å². The third kappa shape index (κ3) is 4.83. The van der Waals surface area contributed by atoms with Gasteiger partial charge < -0.3 is 9.64 Å². The largest absolute Gasteiger partial charge is 0.467 e. The predicted octanol–water partition coefficient (Wildman–Crippen LogP) is 3.04. The van der Waals surface area contributed by atoms with Crippen LogP contribution in [-0.2, 0) is 27.3 Å². The second-order valence-corrected chi connectivity index (χ2v) is 5.64. The minimum Gasteiger partial charge on any atom is -0.467 e. The highest BCUT2D eigenvalue weighted by Crippen LogP contribution is 2.15. The molecule has 0 radical (unpaired) electrons. The number of hydrogen-bond acceptors (Lipinski definition) is 3. The molecule has 0 aliphatic rings. The molecule has 1 atom stereocenters. The molecule has 4 nitrogen and oxygen atoms in total. The zero-order valence-electron chi connectivity index (χ0n) is 13.5. The first-order valence-electron chi connectivity index (χ1n) is 7.66. The lowest BCUT2D eigenvalue weighted by atomic mass is 10.0. The van der Waals surface area contributed by atoms with Crippen LogP contribution in [0.1, 0.15) is 11.1 Å². The summed E-state index contributed by atoms with van der Waals surface area (Å²) in [5.74, 6) is -0.935. The summed E-state index contributed by atoms with van der Waals surface area (Å²) in [5.41, 5.74) is 1.88. The number of carbonyl (C=O) groups excluding carboxylic acids is 2. The number of esters is 1. The van der Waals surface area contributed by atoms with Crippen molar-refractivity contribution in [2.24, 2.45) is 0 Å². The van der Waals surface area contributed by atoms with Crippen molar-refractivity contribution in [3.05, 3.63) is 71.8 Å². The molecule has 0 bridgehead atoms. The maximum absolute atomic E-state index is 12.4. The van der Waals surface area contributed by atoms with Crippen LogP contribution in [0, 0.1) is 0 Å². The minimum absolute atomic E-state index is 0.185. The van der Waals surface area contributed by atoms with Gasteiger partial charge in [0.25, 0.3) is 0 Å². The van der Waals surface area contributed by atoms with Crippen molar-refractivity contribution in [1.29, 1.82) is 0 Å². The van der Waals surface area contributed by atoms with Gasteiger partial charge in [0.15, 0.2) is 0 Å². The fourth-order valence-electron chi connectivity index (χ4n) is 2.52. The summed E-state index contributed by atoms with van der Waals surface area (Å²) in [7, 11) is 1.33. The number of benzene rings is 2. The lowest BCUT2D eigenvalue weighted by molar-refractivity contribution is -0.152. The molecule has 0 fully saturated rings. The lowest BCUT2D eigenvalue weighted by Gasteiger charge is -2.29. The Balaban J connectivity index is 2.29. The Hall–Kier alpha value is -2.33. The van der Waals surface area contributed by atoms with Gasteiger partial charge in [-0.15, -0.1) is 11.6 Å². The summed E-state index contributed by atoms with van der Waals surface area (Å²) in [4.78, 5) is 26.2. The van der Waals surface area contributed by atoms with E-state index in [2.05, 4.69) is 0 Å². The molecule has 0 aromatic heterocycles. The number of amides is 1. The second-order valence-electron chi connectivity index (χ2n) is 5.37. The summed E-state index contributed by atoms with van der Waals surface area (Å²) in [6.45, 7) is 0.305. The van der Waals surface area contributed by atoms with Crippen LogP contribution in [0.2, 0.25) is 0 Å². The van der Waals surface area contributed by atoms with E-state index in [1.54, 1.807) is 0 Å². The number of halogens is 1. The summed E-state index contributed by atoms with van der Waals surface area (Å²) < 4.78 is 4.92. The van der Waals surface area contributed by atoms with Gasteiger partial charge in [0.1, 0.15) is 11.9 Å². The highest BCUT2D eigenvalue weighted by molar-refractivity contribution is 6.27. The number of ether oxygens (including phenoxy) is 1. The van der Waals surface area contributed by atoms with Crippen LogP contribution in [0.4, 0.5) is 0 Å². The number of alkyl halides is 1. The molecule has 1 amide bonds. The number of nitrogens with zero attached hydrogens (tertiary/aromatic N) is 1. The Kier molecular flexibility index (Phi) is 6.82. The van der Waals surface area contributed by atoms with Gasteiger partial charge in [0.2, 0.25) is 5.91 Å². The van der Waals surface area contributed by atoms with Crippen molar-refractivity contribution in [2.45, 2.75) is 19.0 Å². The second kappa shape index (κ2) is 9.08. The number of methoxy groups -OCH3 is 1. The van der Waals surface area contributed by atoms with E-state index in [0.717, 1.165) is 11.1 Å². The molecular formula is C19H20ClNO3. The highest BCUT2D eigenvalue weighted by atomic mass is 35.5. The summed E-state index contributed by atoms with van der Waals surface area (Å²) in [5, 5.41) is 0. The van der Waals surface area contributed by atoms with E-state index in [1.807, 2.05) is 60.7 Å². The van der Waals surface area contributed by atoms with Gasteiger partial charge in [-0.1, -0.05) is 60.7 Å². The highest BCUT2D eigenvalue weighted by Gasteiger charge is 2.30. The first kappa shape index (κ1) is 18.0. The van der Waals surface area contributed by atoms with Crippen molar-refractivity contribution in [3.8, 4) is 0 Å². The third-order valence-electron chi connectivity index (χ3n) is 3.75. The maximum Gasteiger partial charge on any atom is 0.328 e. The lowest BCUT2D eigenvalue weighted by Crippen LogP contribution is -2.47. The van der Waals surface area contributed by atoms with Gasteiger partial charge in [-0.05, 0) is 11.1 Å². The monoisotopic (exact) mass is 345 g/mol. The van der Waals surface area contributed by atoms with E-state index in [1.165, 1.54) is 12.0 Å². The van der Waals surface area contributed by atoms with Crippen LogP contribution in [0.5, 0.6) is 0 Å². The van der Waals surface area contributed by atoms with Crippen molar-refractivity contribution in [2.75, 3.05) is 13.0 Å². The summed E-state index contributed by atoms with van der Waals surface area (Å²) >= 11 is 5.76. The molecule has 0 aliphatic heterocycles. The van der Waals surface area contributed by atoms with Crippen LogP contribution >= 0.6 is 11.6 Å². The molecule has 2 aromatic carbocycles. The third-order valence-corrected chi connectivity index (χ3v) is 3.98. The van der Waals surface area contributed by atoms with Gasteiger partial charge >= 0.3 is 5.97 Å². The Morgan fingerprint density at radius 1 is 1.00 bits per heavy atom. The van der Waals surface area contributed by atoms with E-state index in [4.69, 9.17) is 16.3 Å². The summed E-state index contributed by atoms with van der Waals surface area (Å²) in [6.07, 6.45) is 0.378. The smallest absolute Gasteiger partial charge is 0.328 e. The first-order valence-corrected chi connectivity index (χ1v) is 8.20. The predicted molar refractivity (Wildman–Crippen MR) is 93.7 cm³/mol. The zero-order valence-corrected chi connectivity index (χ0v) is 14.3. The Morgan fingerprint density at radius 2 is 1.54 bits per heavy atom. The Labute approximate surface area is 147 Å². The molecular weight excluding hydrogens is 326 g/mol. The molecule has 0 saturated heterocycles. The number of rotatable bonds is 7. The molecule has 0 N–H and O–H groups in total. The first-order chi connectivity index (χ1) is 11.7. The average molecular weight is 346 g/mol. The van der Waals surface area contributed by atoms with Crippen LogP contribution < -0.4 is 0 Å².